The lowest BCUT2D eigenvalue weighted by molar-refractivity contribution is 0.0533. The molecular formula is C18H18N4O3. The zero-order chi connectivity index (χ0) is 17.4. The van der Waals surface area contributed by atoms with Crippen LogP contribution in [-0.4, -0.2) is 58.0 Å². The summed E-state index contributed by atoms with van der Waals surface area (Å²) in [7, 11) is 0. The fourth-order valence-electron chi connectivity index (χ4n) is 3.12. The number of furan rings is 1. The molecule has 7 heteroatoms. The van der Waals surface area contributed by atoms with E-state index in [2.05, 4.69) is 10.2 Å². The summed E-state index contributed by atoms with van der Waals surface area (Å²) in [4.78, 5) is 28.6. The number of benzene rings is 1. The van der Waals surface area contributed by atoms with Crippen molar-refractivity contribution in [3.05, 3.63) is 53.6 Å². The molecule has 0 aliphatic carbocycles. The number of amides is 2. The van der Waals surface area contributed by atoms with Gasteiger partial charge < -0.3 is 14.2 Å². The monoisotopic (exact) mass is 338 g/mol. The van der Waals surface area contributed by atoms with Crippen LogP contribution in [0.1, 0.15) is 26.4 Å². The first-order valence-electron chi connectivity index (χ1n) is 8.19. The van der Waals surface area contributed by atoms with Gasteiger partial charge >= 0.3 is 0 Å². The van der Waals surface area contributed by atoms with E-state index in [1.54, 1.807) is 15.9 Å². The van der Waals surface area contributed by atoms with Crippen LogP contribution in [0.25, 0.3) is 10.9 Å². The molecular weight excluding hydrogens is 320 g/mol. The maximum absolute atomic E-state index is 12.8. The third kappa shape index (κ3) is 2.77. The molecule has 128 valence electrons. The Labute approximate surface area is 144 Å². The van der Waals surface area contributed by atoms with E-state index in [9.17, 15) is 9.59 Å². The summed E-state index contributed by atoms with van der Waals surface area (Å²) in [5.74, 6) is -0.172. The molecule has 0 bridgehead atoms. The fraction of sp³-hybridized carbons (Fsp3) is 0.278. The molecule has 3 aromatic rings. The van der Waals surface area contributed by atoms with Gasteiger partial charge in [-0.2, -0.15) is 5.10 Å². The second kappa shape index (κ2) is 6.08. The topological polar surface area (TPSA) is 82.4 Å². The molecule has 4 rings (SSSR count). The van der Waals surface area contributed by atoms with E-state index >= 15 is 0 Å². The van der Waals surface area contributed by atoms with Crippen molar-refractivity contribution in [1.29, 1.82) is 0 Å². The first-order chi connectivity index (χ1) is 12.1. The number of aryl methyl sites for hydroxylation is 1. The third-order valence-corrected chi connectivity index (χ3v) is 4.54. The van der Waals surface area contributed by atoms with Crippen molar-refractivity contribution in [2.24, 2.45) is 0 Å². The SMILES string of the molecule is Cc1ccc2[nH]nc(C(=O)N3CCN(C(=O)c4ccoc4)CC3)c2c1. The van der Waals surface area contributed by atoms with Crippen molar-refractivity contribution < 1.29 is 14.0 Å². The Kier molecular flexibility index (Phi) is 3.76. The average Bonchev–Trinajstić information content (AvgIpc) is 3.30. The predicted molar refractivity (Wildman–Crippen MR) is 91.3 cm³/mol. The standard InChI is InChI=1S/C18H18N4O3/c1-12-2-3-15-14(10-12)16(20-19-15)18(24)22-7-5-21(6-8-22)17(23)13-4-9-25-11-13/h2-4,9-11H,5-8H2,1H3,(H,19,20). The van der Waals surface area contributed by atoms with Crippen LogP contribution in [0.2, 0.25) is 0 Å². The lowest BCUT2D eigenvalue weighted by Gasteiger charge is -2.34. The van der Waals surface area contributed by atoms with Crippen LogP contribution in [0.5, 0.6) is 0 Å². The van der Waals surface area contributed by atoms with Crippen LogP contribution in [0.3, 0.4) is 0 Å². The quantitative estimate of drug-likeness (QED) is 0.775. The molecule has 2 aromatic heterocycles. The molecule has 0 unspecified atom stereocenters. The normalized spacial score (nSPS) is 14.9. The molecule has 1 fully saturated rings. The summed E-state index contributed by atoms with van der Waals surface area (Å²) in [6.07, 6.45) is 2.93. The van der Waals surface area contributed by atoms with Gasteiger partial charge in [-0.25, -0.2) is 0 Å². The Hall–Kier alpha value is -3.09. The summed E-state index contributed by atoms with van der Waals surface area (Å²) in [5.41, 5.74) is 2.91. The van der Waals surface area contributed by atoms with Gasteiger partial charge in [0.2, 0.25) is 0 Å². The summed E-state index contributed by atoms with van der Waals surface area (Å²) in [6, 6.07) is 7.52. The zero-order valence-electron chi connectivity index (χ0n) is 13.9. The lowest BCUT2D eigenvalue weighted by Crippen LogP contribution is -2.50. The minimum absolute atomic E-state index is 0.0679. The number of hydrogen-bond donors (Lipinski definition) is 1. The van der Waals surface area contributed by atoms with Crippen molar-refractivity contribution in [2.75, 3.05) is 26.2 Å². The van der Waals surface area contributed by atoms with E-state index < -0.39 is 0 Å². The van der Waals surface area contributed by atoms with Crippen LogP contribution < -0.4 is 0 Å². The van der Waals surface area contributed by atoms with Crippen LogP contribution >= 0.6 is 0 Å². The molecule has 1 N–H and O–H groups in total. The van der Waals surface area contributed by atoms with Gasteiger partial charge in [-0.05, 0) is 25.1 Å². The zero-order valence-corrected chi connectivity index (χ0v) is 13.9. The average molecular weight is 338 g/mol. The highest BCUT2D eigenvalue weighted by Crippen LogP contribution is 2.20. The second-order valence-electron chi connectivity index (χ2n) is 6.22. The van der Waals surface area contributed by atoms with Crippen LogP contribution in [-0.2, 0) is 0 Å². The van der Waals surface area contributed by atoms with Gasteiger partial charge in [-0.1, -0.05) is 11.6 Å². The lowest BCUT2D eigenvalue weighted by atomic mass is 10.1. The molecule has 7 nitrogen and oxygen atoms in total. The summed E-state index contributed by atoms with van der Waals surface area (Å²) in [6.45, 7) is 3.96. The number of nitrogens with one attached hydrogen (secondary N) is 1. The third-order valence-electron chi connectivity index (χ3n) is 4.54. The Balaban J connectivity index is 1.47. The molecule has 2 amide bonds. The van der Waals surface area contributed by atoms with E-state index in [-0.39, 0.29) is 11.8 Å². The van der Waals surface area contributed by atoms with E-state index in [0.29, 0.717) is 37.4 Å². The number of aromatic amines is 1. The molecule has 0 spiro atoms. The van der Waals surface area contributed by atoms with Crippen molar-refractivity contribution in [3.63, 3.8) is 0 Å². The first-order valence-corrected chi connectivity index (χ1v) is 8.19. The van der Waals surface area contributed by atoms with Crippen LogP contribution in [0.15, 0.2) is 41.2 Å². The Morgan fingerprint density at radius 3 is 2.48 bits per heavy atom. The van der Waals surface area contributed by atoms with E-state index in [4.69, 9.17) is 4.42 Å². The van der Waals surface area contributed by atoms with Crippen LogP contribution in [0, 0.1) is 6.92 Å². The number of carbonyl (C=O) groups is 2. The Morgan fingerprint density at radius 2 is 1.80 bits per heavy atom. The Bertz CT molecular complexity index is 921. The minimum Gasteiger partial charge on any atom is -0.472 e. The maximum atomic E-state index is 12.8. The molecule has 0 atom stereocenters. The van der Waals surface area contributed by atoms with Gasteiger partial charge in [0.15, 0.2) is 5.69 Å². The highest BCUT2D eigenvalue weighted by atomic mass is 16.3. The molecule has 25 heavy (non-hydrogen) atoms. The number of nitrogens with zero attached hydrogens (tertiary/aromatic N) is 3. The first kappa shape index (κ1) is 15.4. The smallest absolute Gasteiger partial charge is 0.275 e. The number of rotatable bonds is 2. The highest BCUT2D eigenvalue weighted by Gasteiger charge is 2.27. The fourth-order valence-corrected chi connectivity index (χ4v) is 3.12. The van der Waals surface area contributed by atoms with E-state index in [0.717, 1.165) is 16.5 Å². The number of aromatic nitrogens is 2. The molecule has 3 heterocycles. The number of carbonyl (C=O) groups excluding carboxylic acids is 2. The summed E-state index contributed by atoms with van der Waals surface area (Å²) >= 11 is 0. The second-order valence-corrected chi connectivity index (χ2v) is 6.22. The number of fused-ring (bicyclic) bond motifs is 1. The van der Waals surface area contributed by atoms with E-state index in [1.165, 1.54) is 12.5 Å². The van der Waals surface area contributed by atoms with Gasteiger partial charge in [0.25, 0.3) is 11.8 Å². The number of hydrogen-bond acceptors (Lipinski definition) is 4. The number of piperazine rings is 1. The largest absolute Gasteiger partial charge is 0.472 e. The van der Waals surface area contributed by atoms with Gasteiger partial charge in [0.1, 0.15) is 6.26 Å². The van der Waals surface area contributed by atoms with Gasteiger partial charge in [-0.15, -0.1) is 0 Å². The van der Waals surface area contributed by atoms with Crippen molar-refractivity contribution in [3.8, 4) is 0 Å². The molecule has 0 saturated carbocycles. The van der Waals surface area contributed by atoms with Crippen LogP contribution in [0.4, 0.5) is 0 Å². The number of H-pyrrole nitrogens is 1. The molecule has 1 aliphatic rings. The molecule has 0 radical (unpaired) electrons. The minimum atomic E-state index is -0.104. The van der Waals surface area contributed by atoms with Gasteiger partial charge in [0.05, 0.1) is 17.3 Å². The summed E-state index contributed by atoms with van der Waals surface area (Å²) < 4.78 is 4.96. The molecule has 1 aromatic carbocycles. The predicted octanol–water partition coefficient (Wildman–Crippen LogP) is 2.06. The van der Waals surface area contributed by atoms with Gasteiger partial charge in [-0.3, -0.25) is 14.7 Å². The molecule has 1 saturated heterocycles. The summed E-state index contributed by atoms with van der Waals surface area (Å²) in [5, 5.41) is 7.94. The maximum Gasteiger partial charge on any atom is 0.275 e. The van der Waals surface area contributed by atoms with Crippen molar-refractivity contribution in [1.82, 2.24) is 20.0 Å². The van der Waals surface area contributed by atoms with Crippen molar-refractivity contribution in [2.45, 2.75) is 6.92 Å². The van der Waals surface area contributed by atoms with Gasteiger partial charge in [0, 0.05) is 31.6 Å². The Morgan fingerprint density at radius 1 is 1.08 bits per heavy atom. The molecule has 1 aliphatic heterocycles. The van der Waals surface area contributed by atoms with E-state index in [1.807, 2.05) is 25.1 Å². The highest BCUT2D eigenvalue weighted by molar-refractivity contribution is 6.05. The van der Waals surface area contributed by atoms with Crippen molar-refractivity contribution >= 4 is 22.7 Å².